The first-order chi connectivity index (χ1) is 20.4. The summed E-state index contributed by atoms with van der Waals surface area (Å²) in [4.78, 5) is 29.6. The molecule has 1 heterocycles. The number of sulfone groups is 1. The van der Waals surface area contributed by atoms with Crippen LogP contribution < -0.4 is 11.1 Å². The molecule has 1 atom stereocenters. The van der Waals surface area contributed by atoms with Gasteiger partial charge in [-0.3, -0.25) is 4.79 Å². The number of carbonyl (C=O) groups excluding carboxylic acids is 2. The molecule has 0 aliphatic heterocycles. The van der Waals surface area contributed by atoms with Crippen LogP contribution in [0.2, 0.25) is 0 Å². The zero-order valence-electron chi connectivity index (χ0n) is 23.8. The average Bonchev–Trinajstić information content (AvgIpc) is 3.75. The third-order valence-corrected chi connectivity index (χ3v) is 10.2. The van der Waals surface area contributed by atoms with Crippen molar-refractivity contribution in [2.75, 3.05) is 12.4 Å². The van der Waals surface area contributed by atoms with Crippen LogP contribution in [0.4, 0.5) is 18.0 Å². The number of nitrogens with one attached hydrogen (secondary N) is 1. The lowest BCUT2D eigenvalue weighted by Crippen LogP contribution is -2.33. The van der Waals surface area contributed by atoms with Crippen molar-refractivity contribution in [1.82, 2.24) is 14.9 Å². The second-order valence-corrected chi connectivity index (χ2v) is 13.7. The third-order valence-electron chi connectivity index (χ3n) is 8.44. The molecule has 0 spiro atoms. The topological polar surface area (TPSA) is 133 Å². The molecule has 0 unspecified atom stereocenters. The summed E-state index contributed by atoms with van der Waals surface area (Å²) in [6, 6.07) is 10.6. The van der Waals surface area contributed by atoms with E-state index in [2.05, 4.69) is 9.88 Å². The Morgan fingerprint density at radius 3 is 2.33 bits per heavy atom. The molecule has 9 nitrogen and oxygen atoms in total. The lowest BCUT2D eigenvalue weighted by Gasteiger charge is -2.29. The van der Waals surface area contributed by atoms with Crippen molar-refractivity contribution in [1.29, 1.82) is 0 Å². The van der Waals surface area contributed by atoms with Gasteiger partial charge in [-0.05, 0) is 80.3 Å². The smallest absolute Gasteiger partial charge is 0.404 e. The number of hydrogen-bond donors (Lipinski definition) is 2. The molecular formula is C30H35F3N4O5S. The van der Waals surface area contributed by atoms with Gasteiger partial charge in [0, 0.05) is 18.0 Å². The van der Waals surface area contributed by atoms with Gasteiger partial charge in [0.05, 0.1) is 33.6 Å². The number of alkyl halides is 3. The Morgan fingerprint density at radius 1 is 1.07 bits per heavy atom. The predicted molar refractivity (Wildman–Crippen MR) is 153 cm³/mol. The number of primary amides is 1. The van der Waals surface area contributed by atoms with Gasteiger partial charge in [-0.15, -0.1) is 0 Å². The van der Waals surface area contributed by atoms with Crippen molar-refractivity contribution >= 4 is 32.9 Å². The Hall–Kier alpha value is -3.61. The van der Waals surface area contributed by atoms with Crippen LogP contribution in [-0.4, -0.2) is 48.5 Å². The van der Waals surface area contributed by atoms with E-state index in [1.54, 1.807) is 31.2 Å². The highest BCUT2D eigenvalue weighted by Gasteiger charge is 2.41. The summed E-state index contributed by atoms with van der Waals surface area (Å²) in [5.74, 6) is -0.789. The van der Waals surface area contributed by atoms with Crippen LogP contribution in [0.1, 0.15) is 79.3 Å². The number of imidazole rings is 1. The van der Waals surface area contributed by atoms with Crippen molar-refractivity contribution in [2.45, 2.75) is 75.0 Å². The highest BCUT2D eigenvalue weighted by Crippen LogP contribution is 2.43. The van der Waals surface area contributed by atoms with Crippen LogP contribution in [-0.2, 0) is 21.0 Å². The van der Waals surface area contributed by atoms with Crippen LogP contribution in [0.5, 0.6) is 0 Å². The van der Waals surface area contributed by atoms with E-state index in [9.17, 15) is 31.2 Å². The normalized spacial score (nSPS) is 20.1. The molecule has 2 fully saturated rings. The van der Waals surface area contributed by atoms with Crippen LogP contribution in [0.15, 0.2) is 47.4 Å². The fourth-order valence-electron chi connectivity index (χ4n) is 5.83. The summed E-state index contributed by atoms with van der Waals surface area (Å²) in [6.45, 7) is 1.28. The lowest BCUT2D eigenvalue weighted by atomic mass is 9.80. The molecule has 3 N–H and O–H groups in total. The van der Waals surface area contributed by atoms with Gasteiger partial charge in [0.15, 0.2) is 9.84 Å². The number of aromatic nitrogens is 2. The zero-order valence-corrected chi connectivity index (χ0v) is 24.6. The summed E-state index contributed by atoms with van der Waals surface area (Å²) in [7, 11) is -3.42. The second-order valence-electron chi connectivity index (χ2n) is 11.4. The molecule has 3 aromatic rings. The molecule has 2 aromatic carbocycles. The Morgan fingerprint density at radius 2 is 1.74 bits per heavy atom. The molecule has 5 rings (SSSR count). The van der Waals surface area contributed by atoms with E-state index < -0.39 is 40.0 Å². The zero-order chi connectivity index (χ0) is 30.9. The van der Waals surface area contributed by atoms with Gasteiger partial charge in [0.1, 0.15) is 12.4 Å². The Kier molecular flexibility index (Phi) is 8.73. The number of fused-ring (bicyclic) bond motifs is 1. The Bertz CT molecular complexity index is 1590. The first-order valence-corrected chi connectivity index (χ1v) is 16.1. The van der Waals surface area contributed by atoms with E-state index in [-0.39, 0.29) is 36.0 Å². The number of nitrogens with two attached hydrogens (primary N) is 1. The molecule has 2 aliphatic carbocycles. The Balaban J connectivity index is 1.35. The molecular weight excluding hydrogens is 585 g/mol. The van der Waals surface area contributed by atoms with Crippen LogP contribution >= 0.6 is 0 Å². The summed E-state index contributed by atoms with van der Waals surface area (Å²) in [6.07, 6.45) is -1.28. The first kappa shape index (κ1) is 30.8. The van der Waals surface area contributed by atoms with Gasteiger partial charge in [0.2, 0.25) is 0 Å². The van der Waals surface area contributed by atoms with Crippen molar-refractivity contribution in [3.05, 3.63) is 59.4 Å². The quantitative estimate of drug-likeness (QED) is 0.301. The minimum atomic E-state index is -4.15. The summed E-state index contributed by atoms with van der Waals surface area (Å²) in [5.41, 5.74) is 7.48. The number of amides is 2. The number of nitrogens with zero attached hydrogens (tertiary/aromatic N) is 2. The van der Waals surface area contributed by atoms with E-state index in [0.29, 0.717) is 41.9 Å². The number of hydrogen-bond acceptors (Lipinski definition) is 6. The van der Waals surface area contributed by atoms with Gasteiger partial charge in [-0.2, -0.15) is 13.2 Å². The standard InChI is InChI=1S/C30H35F3N4O5S/c1-2-43(40,41)23-12-5-19(6-13-23)25(17-42-29(34)39)36-28(38)20-7-14-26-24(16-20)35-27(37(26)22-10-11-22)15-18-3-8-21(9-4-18)30(31,32)33/h5-7,12-14,16,18,21-22,25H,2-4,8-11,15,17H2,1H3,(H2,34,39)(H,36,38)/t18-,21-,25-/m1/s1. The van der Waals surface area contributed by atoms with Crippen LogP contribution in [0.25, 0.3) is 11.0 Å². The first-order valence-electron chi connectivity index (χ1n) is 14.5. The molecule has 1 aromatic heterocycles. The third kappa shape index (κ3) is 7.14. The molecule has 0 saturated heterocycles. The number of rotatable bonds is 10. The second kappa shape index (κ2) is 12.2. The minimum Gasteiger partial charge on any atom is -0.447 e. The molecule has 13 heteroatoms. The van der Waals surface area contributed by atoms with E-state index in [4.69, 9.17) is 15.5 Å². The molecule has 2 saturated carbocycles. The van der Waals surface area contributed by atoms with E-state index >= 15 is 0 Å². The fourth-order valence-corrected chi connectivity index (χ4v) is 6.71. The van der Waals surface area contributed by atoms with Crippen molar-refractivity contribution in [2.24, 2.45) is 17.6 Å². The average molecular weight is 621 g/mol. The maximum atomic E-state index is 13.4. The van der Waals surface area contributed by atoms with Crippen molar-refractivity contribution < 1.29 is 35.9 Å². The van der Waals surface area contributed by atoms with Crippen molar-refractivity contribution in [3.8, 4) is 0 Å². The van der Waals surface area contributed by atoms with E-state index in [0.717, 1.165) is 24.2 Å². The monoisotopic (exact) mass is 620 g/mol. The maximum absolute atomic E-state index is 13.4. The highest BCUT2D eigenvalue weighted by atomic mass is 32.2. The molecule has 0 radical (unpaired) electrons. The largest absolute Gasteiger partial charge is 0.447 e. The van der Waals surface area contributed by atoms with Gasteiger partial charge in [-0.25, -0.2) is 18.2 Å². The van der Waals surface area contributed by atoms with Gasteiger partial charge in [-0.1, -0.05) is 19.1 Å². The fraction of sp³-hybridized carbons (Fsp3) is 0.500. The molecule has 2 amide bonds. The maximum Gasteiger partial charge on any atom is 0.404 e. The van der Waals surface area contributed by atoms with Gasteiger partial charge >= 0.3 is 12.3 Å². The highest BCUT2D eigenvalue weighted by molar-refractivity contribution is 7.91. The molecule has 2 aliphatic rings. The number of carbonyl (C=O) groups is 2. The number of benzene rings is 2. The van der Waals surface area contributed by atoms with E-state index in [1.165, 1.54) is 12.1 Å². The molecule has 232 valence electrons. The lowest BCUT2D eigenvalue weighted by molar-refractivity contribution is -0.183. The molecule has 43 heavy (non-hydrogen) atoms. The number of ether oxygens (including phenoxy) is 1. The molecule has 0 bridgehead atoms. The summed E-state index contributed by atoms with van der Waals surface area (Å²) in [5, 5.41) is 2.83. The predicted octanol–water partition coefficient (Wildman–Crippen LogP) is 5.64. The summed E-state index contributed by atoms with van der Waals surface area (Å²) < 4.78 is 71.0. The number of halogens is 3. The van der Waals surface area contributed by atoms with Crippen LogP contribution in [0.3, 0.4) is 0 Å². The summed E-state index contributed by atoms with van der Waals surface area (Å²) >= 11 is 0. The van der Waals surface area contributed by atoms with Crippen molar-refractivity contribution in [3.63, 3.8) is 0 Å². The van der Waals surface area contributed by atoms with Gasteiger partial charge in [0.25, 0.3) is 5.91 Å². The van der Waals surface area contributed by atoms with Crippen LogP contribution in [0, 0.1) is 11.8 Å². The SMILES string of the molecule is CCS(=O)(=O)c1ccc([C@@H](COC(N)=O)NC(=O)c2ccc3c(c2)nc(C[C@H]2CC[C@H](C(F)(F)F)CC2)n3C2CC2)cc1. The van der Waals surface area contributed by atoms with Gasteiger partial charge < -0.3 is 20.4 Å². The Labute approximate surface area is 247 Å². The van der Waals surface area contributed by atoms with E-state index in [1.807, 2.05) is 6.07 Å². The minimum absolute atomic E-state index is 0.0584.